The molecule has 8 heteroatoms. The third-order valence-electron chi connectivity index (χ3n) is 4.39. The topological polar surface area (TPSA) is 89.6 Å². The molecule has 0 bridgehead atoms. The zero-order valence-electron chi connectivity index (χ0n) is 15.7. The number of amides is 2. The Bertz CT molecular complexity index is 1040. The second kappa shape index (κ2) is 8.32. The van der Waals surface area contributed by atoms with Crippen LogP contribution in [0.15, 0.2) is 53.9 Å². The van der Waals surface area contributed by atoms with Crippen LogP contribution in [0.5, 0.6) is 11.5 Å². The number of ether oxygens (including phenoxy) is 2. The van der Waals surface area contributed by atoms with Crippen LogP contribution in [0, 0.1) is 0 Å². The highest BCUT2D eigenvalue weighted by molar-refractivity contribution is 7.14. The lowest BCUT2D eigenvalue weighted by atomic mass is 10.0. The molecule has 2 heterocycles. The van der Waals surface area contributed by atoms with E-state index < -0.39 is 6.04 Å². The average molecular weight is 409 g/mol. The number of thiazole rings is 1. The van der Waals surface area contributed by atoms with Crippen molar-refractivity contribution in [2.45, 2.75) is 19.4 Å². The Kier molecular flexibility index (Phi) is 5.44. The third kappa shape index (κ3) is 4.55. The molecule has 2 N–H and O–H groups in total. The minimum Gasteiger partial charge on any atom is -0.454 e. The first-order valence-corrected chi connectivity index (χ1v) is 9.94. The van der Waals surface area contributed by atoms with Gasteiger partial charge in [0.15, 0.2) is 16.6 Å². The normalized spacial score (nSPS) is 13.0. The maximum absolute atomic E-state index is 12.5. The van der Waals surface area contributed by atoms with Crippen LogP contribution in [0.3, 0.4) is 0 Å². The summed E-state index contributed by atoms with van der Waals surface area (Å²) >= 11 is 1.34. The lowest BCUT2D eigenvalue weighted by molar-refractivity contribution is -0.120. The van der Waals surface area contributed by atoms with Gasteiger partial charge in [-0.1, -0.05) is 30.3 Å². The van der Waals surface area contributed by atoms with E-state index in [1.54, 1.807) is 0 Å². The molecule has 1 aliphatic heterocycles. The Morgan fingerprint density at radius 3 is 2.72 bits per heavy atom. The second-order valence-corrected chi connectivity index (χ2v) is 7.38. The Labute approximate surface area is 171 Å². The summed E-state index contributed by atoms with van der Waals surface area (Å²) in [7, 11) is 0. The van der Waals surface area contributed by atoms with Gasteiger partial charge in [-0.25, -0.2) is 4.98 Å². The zero-order chi connectivity index (χ0) is 20.2. The molecule has 2 aromatic carbocycles. The van der Waals surface area contributed by atoms with Crippen LogP contribution in [0.1, 0.15) is 24.9 Å². The molecule has 4 rings (SSSR count). The van der Waals surface area contributed by atoms with Crippen molar-refractivity contribution in [1.29, 1.82) is 0 Å². The highest BCUT2D eigenvalue weighted by Gasteiger charge is 2.19. The van der Waals surface area contributed by atoms with Gasteiger partial charge < -0.3 is 20.1 Å². The summed E-state index contributed by atoms with van der Waals surface area (Å²) in [6.07, 6.45) is 0.114. The number of fused-ring (bicyclic) bond motifs is 1. The molecule has 1 aromatic heterocycles. The predicted molar refractivity (Wildman–Crippen MR) is 110 cm³/mol. The van der Waals surface area contributed by atoms with Crippen LogP contribution in [-0.2, 0) is 9.59 Å². The molecule has 1 aliphatic rings. The molecule has 1 unspecified atom stereocenters. The monoisotopic (exact) mass is 409 g/mol. The molecule has 0 saturated carbocycles. The van der Waals surface area contributed by atoms with Crippen molar-refractivity contribution in [3.8, 4) is 22.8 Å². The molecule has 148 valence electrons. The standard InChI is InChI=1S/C21H19N3O4S/c1-13(25)22-16(14-5-3-2-4-6-14)10-20(26)24-21-23-17(11-29-21)15-7-8-18-19(9-15)28-12-27-18/h2-9,11,16H,10,12H2,1H3,(H,22,25)(H,23,24,26). The van der Waals surface area contributed by atoms with E-state index in [1.165, 1.54) is 18.3 Å². The van der Waals surface area contributed by atoms with Crippen molar-refractivity contribution in [3.05, 3.63) is 59.5 Å². The quantitative estimate of drug-likeness (QED) is 0.647. The third-order valence-corrected chi connectivity index (χ3v) is 5.15. The zero-order valence-corrected chi connectivity index (χ0v) is 16.5. The molecule has 0 spiro atoms. The van der Waals surface area contributed by atoms with E-state index in [9.17, 15) is 9.59 Å². The van der Waals surface area contributed by atoms with Gasteiger partial charge >= 0.3 is 0 Å². The summed E-state index contributed by atoms with van der Waals surface area (Å²) in [6, 6.07) is 14.6. The number of carbonyl (C=O) groups excluding carboxylic acids is 2. The maximum atomic E-state index is 12.5. The largest absolute Gasteiger partial charge is 0.454 e. The Morgan fingerprint density at radius 2 is 1.93 bits per heavy atom. The van der Waals surface area contributed by atoms with E-state index in [0.29, 0.717) is 16.6 Å². The van der Waals surface area contributed by atoms with Crippen LogP contribution < -0.4 is 20.1 Å². The predicted octanol–water partition coefficient (Wildman–Crippen LogP) is 3.74. The number of nitrogens with one attached hydrogen (secondary N) is 2. The van der Waals surface area contributed by atoms with E-state index in [4.69, 9.17) is 9.47 Å². The highest BCUT2D eigenvalue weighted by atomic mass is 32.1. The van der Waals surface area contributed by atoms with Gasteiger partial charge in [-0.3, -0.25) is 9.59 Å². The lowest BCUT2D eigenvalue weighted by Gasteiger charge is -2.17. The fourth-order valence-electron chi connectivity index (χ4n) is 3.06. The van der Waals surface area contributed by atoms with Crippen molar-refractivity contribution in [2.75, 3.05) is 12.1 Å². The number of nitrogens with zero attached hydrogens (tertiary/aromatic N) is 1. The summed E-state index contributed by atoms with van der Waals surface area (Å²) in [6.45, 7) is 1.65. The molecule has 0 aliphatic carbocycles. The molecule has 2 amide bonds. The molecule has 7 nitrogen and oxygen atoms in total. The smallest absolute Gasteiger partial charge is 0.231 e. The summed E-state index contributed by atoms with van der Waals surface area (Å²) in [5, 5.41) is 8.01. The van der Waals surface area contributed by atoms with Crippen LogP contribution in [0.2, 0.25) is 0 Å². The highest BCUT2D eigenvalue weighted by Crippen LogP contribution is 2.36. The van der Waals surface area contributed by atoms with E-state index in [0.717, 1.165) is 16.8 Å². The minimum atomic E-state index is -0.401. The van der Waals surface area contributed by atoms with Gasteiger partial charge in [0.25, 0.3) is 0 Å². The molecule has 0 radical (unpaired) electrons. The molecular formula is C21H19N3O4S. The van der Waals surface area contributed by atoms with Gasteiger partial charge in [0.05, 0.1) is 18.2 Å². The maximum Gasteiger partial charge on any atom is 0.231 e. The number of benzene rings is 2. The van der Waals surface area contributed by atoms with E-state index in [2.05, 4.69) is 15.6 Å². The molecule has 1 atom stereocenters. The number of hydrogen-bond donors (Lipinski definition) is 2. The first-order chi connectivity index (χ1) is 14.1. The van der Waals surface area contributed by atoms with Gasteiger partial charge in [-0.15, -0.1) is 11.3 Å². The van der Waals surface area contributed by atoms with Gasteiger partial charge in [0.1, 0.15) is 0 Å². The fraction of sp³-hybridized carbons (Fsp3) is 0.190. The number of carbonyl (C=O) groups is 2. The fourth-order valence-corrected chi connectivity index (χ4v) is 3.79. The van der Waals surface area contributed by atoms with Crippen LogP contribution >= 0.6 is 11.3 Å². The Morgan fingerprint density at radius 1 is 1.14 bits per heavy atom. The van der Waals surface area contributed by atoms with Gasteiger partial charge in [0.2, 0.25) is 18.6 Å². The molecular weight excluding hydrogens is 390 g/mol. The average Bonchev–Trinajstić information content (AvgIpc) is 3.36. The summed E-state index contributed by atoms with van der Waals surface area (Å²) < 4.78 is 10.7. The first-order valence-electron chi connectivity index (χ1n) is 9.06. The van der Waals surface area contributed by atoms with E-state index in [1.807, 2.05) is 53.9 Å². The second-order valence-electron chi connectivity index (χ2n) is 6.52. The molecule has 3 aromatic rings. The van der Waals surface area contributed by atoms with Crippen LogP contribution in [0.25, 0.3) is 11.3 Å². The van der Waals surface area contributed by atoms with E-state index >= 15 is 0 Å². The summed E-state index contributed by atoms with van der Waals surface area (Å²) in [4.78, 5) is 28.6. The van der Waals surface area contributed by atoms with Crippen molar-refractivity contribution in [2.24, 2.45) is 0 Å². The number of aromatic nitrogens is 1. The SMILES string of the molecule is CC(=O)NC(CC(=O)Nc1nc(-c2ccc3c(c2)OCO3)cs1)c1ccccc1. The lowest BCUT2D eigenvalue weighted by Crippen LogP contribution is -2.29. The van der Waals surface area contributed by atoms with E-state index in [-0.39, 0.29) is 25.0 Å². The van der Waals surface area contributed by atoms with Crippen molar-refractivity contribution in [1.82, 2.24) is 10.3 Å². The van der Waals surface area contributed by atoms with Gasteiger partial charge in [0, 0.05) is 17.9 Å². The number of anilines is 1. The van der Waals surface area contributed by atoms with Crippen LogP contribution in [-0.4, -0.2) is 23.6 Å². The summed E-state index contributed by atoms with van der Waals surface area (Å²) in [5.74, 6) is 0.981. The van der Waals surface area contributed by atoms with Crippen LogP contribution in [0.4, 0.5) is 5.13 Å². The van der Waals surface area contributed by atoms with Gasteiger partial charge in [-0.2, -0.15) is 0 Å². The van der Waals surface area contributed by atoms with Crippen molar-refractivity contribution < 1.29 is 19.1 Å². The Balaban J connectivity index is 1.44. The molecule has 29 heavy (non-hydrogen) atoms. The molecule has 0 saturated heterocycles. The van der Waals surface area contributed by atoms with Gasteiger partial charge in [-0.05, 0) is 23.8 Å². The number of rotatable bonds is 6. The summed E-state index contributed by atoms with van der Waals surface area (Å²) in [5.41, 5.74) is 2.49. The minimum absolute atomic E-state index is 0.114. The number of hydrogen-bond acceptors (Lipinski definition) is 6. The van der Waals surface area contributed by atoms with Crippen molar-refractivity contribution in [3.63, 3.8) is 0 Å². The first kappa shape index (κ1) is 18.9. The molecule has 0 fully saturated rings. The Hall–Kier alpha value is -3.39. The van der Waals surface area contributed by atoms with Crippen molar-refractivity contribution >= 4 is 28.3 Å².